The Morgan fingerprint density at radius 1 is 1.24 bits per heavy atom. The molecule has 114 valence electrons. The van der Waals surface area contributed by atoms with Gasteiger partial charge < -0.3 is 14.8 Å². The number of nitrogens with zero attached hydrogens (tertiary/aromatic N) is 1. The number of nitrogens with one attached hydrogen (secondary N) is 1. The number of pyridine rings is 1. The Morgan fingerprint density at radius 2 is 2.00 bits per heavy atom. The van der Waals surface area contributed by atoms with Crippen molar-refractivity contribution in [2.45, 2.75) is 12.8 Å². The van der Waals surface area contributed by atoms with E-state index in [1.54, 1.807) is 26.3 Å². The van der Waals surface area contributed by atoms with Crippen LogP contribution in [-0.4, -0.2) is 31.9 Å². The van der Waals surface area contributed by atoms with Gasteiger partial charge in [-0.2, -0.15) is 13.2 Å². The molecule has 1 heterocycles. The summed E-state index contributed by atoms with van der Waals surface area (Å²) < 4.78 is 46.3. The maximum absolute atomic E-state index is 12.2. The molecule has 0 aliphatic carbocycles. The number of anilines is 1. The normalized spacial score (nSPS) is 11.7. The molecule has 1 aromatic heterocycles. The molecule has 0 atom stereocenters. The van der Waals surface area contributed by atoms with Gasteiger partial charge in [-0.25, -0.2) is 0 Å². The highest BCUT2D eigenvalue weighted by atomic mass is 19.4. The number of alkyl halides is 3. The third-order valence-electron chi connectivity index (χ3n) is 2.80. The van der Waals surface area contributed by atoms with E-state index >= 15 is 0 Å². The van der Waals surface area contributed by atoms with Crippen LogP contribution < -0.4 is 10.1 Å². The van der Waals surface area contributed by atoms with Crippen molar-refractivity contribution in [2.24, 2.45) is 0 Å². The maximum Gasteiger partial charge on any atom is 0.422 e. The van der Waals surface area contributed by atoms with Crippen LogP contribution in [0.2, 0.25) is 0 Å². The zero-order chi connectivity index (χ0) is 15.5. The van der Waals surface area contributed by atoms with Gasteiger partial charge in [0.1, 0.15) is 5.75 Å². The van der Waals surface area contributed by atoms with Crippen molar-refractivity contribution in [3.05, 3.63) is 30.0 Å². The fourth-order valence-electron chi connectivity index (χ4n) is 1.94. The average Bonchev–Trinajstić information content (AvgIpc) is 2.44. The number of hydrogen-bond acceptors (Lipinski definition) is 4. The van der Waals surface area contributed by atoms with E-state index in [4.69, 9.17) is 9.47 Å². The number of fused-ring (bicyclic) bond motifs is 1. The van der Waals surface area contributed by atoms with Gasteiger partial charge in [0.15, 0.2) is 6.61 Å². The van der Waals surface area contributed by atoms with Crippen LogP contribution in [0.4, 0.5) is 18.9 Å². The molecule has 0 saturated heterocycles. The highest BCUT2D eigenvalue weighted by Crippen LogP contribution is 2.28. The Morgan fingerprint density at radius 3 is 2.62 bits per heavy atom. The van der Waals surface area contributed by atoms with Gasteiger partial charge in [0.25, 0.3) is 0 Å². The van der Waals surface area contributed by atoms with Gasteiger partial charge in [0.05, 0.1) is 17.8 Å². The molecule has 0 aliphatic heterocycles. The molecule has 0 amide bonds. The Balaban J connectivity index is 2.35. The van der Waals surface area contributed by atoms with Gasteiger partial charge in [-0.1, -0.05) is 0 Å². The molecule has 4 nitrogen and oxygen atoms in total. The fourth-order valence-corrected chi connectivity index (χ4v) is 1.94. The van der Waals surface area contributed by atoms with Gasteiger partial charge in [0, 0.05) is 25.2 Å². The maximum atomic E-state index is 12.2. The predicted molar refractivity (Wildman–Crippen MR) is 73.6 cm³/mol. The summed E-state index contributed by atoms with van der Waals surface area (Å²) in [6.07, 6.45) is -4.36. The highest BCUT2D eigenvalue weighted by molar-refractivity contribution is 5.92. The number of hydrogen-bond donors (Lipinski definition) is 1. The van der Waals surface area contributed by atoms with Crippen molar-refractivity contribution < 1.29 is 22.6 Å². The van der Waals surface area contributed by atoms with Crippen molar-refractivity contribution in [1.82, 2.24) is 4.98 Å². The first kappa shape index (κ1) is 15.4. The topological polar surface area (TPSA) is 43.4 Å². The Bertz CT molecular complexity index is 629. The van der Waals surface area contributed by atoms with E-state index in [1.807, 2.05) is 0 Å². The number of aromatic nitrogens is 1. The van der Waals surface area contributed by atoms with E-state index in [0.717, 1.165) is 11.4 Å². The fraction of sp³-hybridized carbons (Fsp3) is 0.357. The molecule has 0 unspecified atom stereocenters. The highest BCUT2D eigenvalue weighted by Gasteiger charge is 2.28. The second-order valence-corrected chi connectivity index (χ2v) is 4.43. The van der Waals surface area contributed by atoms with E-state index in [1.165, 1.54) is 12.1 Å². The standard InChI is InChI=1S/C14H15F3N2O2/c1-18-13-5-9(7-20-2)19-12-4-3-10(6-11(12)13)21-8-14(15,16)17/h3-6H,7-8H2,1-2H3,(H,18,19). The van der Waals surface area contributed by atoms with E-state index in [9.17, 15) is 13.2 Å². The van der Waals surface area contributed by atoms with Crippen LogP contribution >= 0.6 is 0 Å². The molecule has 7 heteroatoms. The number of methoxy groups -OCH3 is 1. The molecule has 2 rings (SSSR count). The minimum atomic E-state index is -4.36. The second-order valence-electron chi connectivity index (χ2n) is 4.43. The molecule has 0 spiro atoms. The quantitative estimate of drug-likeness (QED) is 0.919. The summed E-state index contributed by atoms with van der Waals surface area (Å²) in [7, 11) is 3.30. The summed E-state index contributed by atoms with van der Waals surface area (Å²) in [6.45, 7) is -0.959. The van der Waals surface area contributed by atoms with Crippen LogP contribution in [0.5, 0.6) is 5.75 Å². The molecule has 0 aliphatic rings. The summed E-state index contributed by atoms with van der Waals surface area (Å²) >= 11 is 0. The molecule has 0 fully saturated rings. The third-order valence-corrected chi connectivity index (χ3v) is 2.80. The molecule has 2 aromatic rings. The van der Waals surface area contributed by atoms with Crippen LogP contribution in [0.25, 0.3) is 10.9 Å². The van der Waals surface area contributed by atoms with Gasteiger partial charge in [-0.05, 0) is 24.3 Å². The van der Waals surface area contributed by atoms with E-state index in [0.29, 0.717) is 17.5 Å². The molecular formula is C14H15F3N2O2. The minimum Gasteiger partial charge on any atom is -0.484 e. The molecule has 21 heavy (non-hydrogen) atoms. The van der Waals surface area contributed by atoms with Gasteiger partial charge in [-0.15, -0.1) is 0 Å². The molecule has 0 radical (unpaired) electrons. The smallest absolute Gasteiger partial charge is 0.422 e. The number of benzene rings is 1. The molecule has 0 saturated carbocycles. The Kier molecular flexibility index (Phi) is 4.52. The van der Waals surface area contributed by atoms with Crippen molar-refractivity contribution in [3.8, 4) is 5.75 Å². The first-order valence-corrected chi connectivity index (χ1v) is 6.23. The van der Waals surface area contributed by atoms with Crippen LogP contribution in [0.1, 0.15) is 5.69 Å². The molecule has 1 N–H and O–H groups in total. The first-order valence-electron chi connectivity index (χ1n) is 6.23. The van der Waals surface area contributed by atoms with Crippen molar-refractivity contribution in [1.29, 1.82) is 0 Å². The van der Waals surface area contributed by atoms with E-state index in [2.05, 4.69) is 10.3 Å². The zero-order valence-corrected chi connectivity index (χ0v) is 11.6. The molecule has 1 aromatic carbocycles. The van der Waals surface area contributed by atoms with E-state index in [-0.39, 0.29) is 5.75 Å². The lowest BCUT2D eigenvalue weighted by Crippen LogP contribution is -2.19. The predicted octanol–water partition coefficient (Wildman–Crippen LogP) is 3.36. The lowest BCUT2D eigenvalue weighted by Gasteiger charge is -2.12. The summed E-state index contributed by atoms with van der Waals surface area (Å²) in [5, 5.41) is 3.69. The largest absolute Gasteiger partial charge is 0.484 e. The van der Waals surface area contributed by atoms with Crippen molar-refractivity contribution in [3.63, 3.8) is 0 Å². The summed E-state index contributed by atoms with van der Waals surface area (Å²) in [6, 6.07) is 6.42. The number of halogens is 3. The van der Waals surface area contributed by atoms with Crippen LogP contribution in [0.15, 0.2) is 24.3 Å². The first-order chi connectivity index (χ1) is 9.93. The van der Waals surface area contributed by atoms with E-state index < -0.39 is 12.8 Å². The summed E-state index contributed by atoms with van der Waals surface area (Å²) in [5.74, 6) is 0.151. The van der Waals surface area contributed by atoms with Crippen LogP contribution in [0.3, 0.4) is 0 Å². The monoisotopic (exact) mass is 300 g/mol. The summed E-state index contributed by atoms with van der Waals surface area (Å²) in [4.78, 5) is 4.38. The Hall–Kier alpha value is -2.02. The van der Waals surface area contributed by atoms with Crippen molar-refractivity contribution in [2.75, 3.05) is 26.1 Å². The number of ether oxygens (including phenoxy) is 2. The molecular weight excluding hydrogens is 285 g/mol. The minimum absolute atomic E-state index is 0.151. The lowest BCUT2D eigenvalue weighted by atomic mass is 10.1. The van der Waals surface area contributed by atoms with Crippen molar-refractivity contribution >= 4 is 16.6 Å². The SMILES string of the molecule is CNc1cc(COC)nc2ccc(OCC(F)(F)F)cc12. The average molecular weight is 300 g/mol. The van der Waals surface area contributed by atoms with Gasteiger partial charge in [0.2, 0.25) is 0 Å². The van der Waals surface area contributed by atoms with Crippen LogP contribution in [-0.2, 0) is 11.3 Å². The molecule has 0 bridgehead atoms. The second kappa shape index (κ2) is 6.17. The number of rotatable bonds is 5. The third kappa shape index (κ3) is 3.98. The van der Waals surface area contributed by atoms with Crippen LogP contribution in [0, 0.1) is 0 Å². The zero-order valence-electron chi connectivity index (χ0n) is 11.6. The van der Waals surface area contributed by atoms with Gasteiger partial charge >= 0.3 is 6.18 Å². The Labute approximate surface area is 119 Å². The van der Waals surface area contributed by atoms with Gasteiger partial charge in [-0.3, -0.25) is 4.98 Å². The lowest BCUT2D eigenvalue weighted by molar-refractivity contribution is -0.153. The summed E-state index contributed by atoms with van der Waals surface area (Å²) in [5.41, 5.74) is 2.15.